The van der Waals surface area contributed by atoms with Crippen molar-refractivity contribution in [2.45, 2.75) is 40.0 Å². The predicted octanol–water partition coefficient (Wildman–Crippen LogP) is 4.22. The van der Waals surface area contributed by atoms with E-state index in [1.807, 2.05) is 6.07 Å². The molecule has 1 heterocycles. The smallest absolute Gasteiger partial charge is 0.338 e. The molecule has 0 spiro atoms. The van der Waals surface area contributed by atoms with Crippen LogP contribution in [0.5, 0.6) is 0 Å². The zero-order valence-electron chi connectivity index (χ0n) is 13.1. The fraction of sp³-hybridized carbons (Fsp3) is 0.444. The highest BCUT2D eigenvalue weighted by Crippen LogP contribution is 2.37. The summed E-state index contributed by atoms with van der Waals surface area (Å²) in [5.41, 5.74) is 2.67. The Labute approximate surface area is 129 Å². The van der Waals surface area contributed by atoms with Crippen LogP contribution in [0.25, 0.3) is 10.9 Å². The van der Waals surface area contributed by atoms with Crippen LogP contribution in [0.15, 0.2) is 18.2 Å². The third-order valence-electron chi connectivity index (χ3n) is 4.72. The van der Waals surface area contributed by atoms with E-state index in [-0.39, 0.29) is 11.0 Å². The third kappa shape index (κ3) is 2.58. The summed E-state index contributed by atoms with van der Waals surface area (Å²) >= 11 is 0. The average Bonchev–Trinajstić information content (AvgIpc) is 2.42. The highest BCUT2D eigenvalue weighted by Gasteiger charge is 2.29. The quantitative estimate of drug-likeness (QED) is 0.858. The molecule has 1 aliphatic carbocycles. The molecule has 1 aromatic carbocycles. The third-order valence-corrected chi connectivity index (χ3v) is 4.72. The van der Waals surface area contributed by atoms with Crippen molar-refractivity contribution in [2.75, 3.05) is 0 Å². The topological polar surface area (TPSA) is 50.2 Å². The Morgan fingerprint density at radius 1 is 1.32 bits per heavy atom. The largest absolute Gasteiger partial charge is 0.478 e. The van der Waals surface area contributed by atoms with Gasteiger partial charge in [0.1, 0.15) is 5.82 Å². The fourth-order valence-corrected chi connectivity index (χ4v) is 3.25. The van der Waals surface area contributed by atoms with E-state index >= 15 is 0 Å². The van der Waals surface area contributed by atoms with Crippen LogP contribution in [0.3, 0.4) is 0 Å². The molecule has 0 aliphatic heterocycles. The summed E-state index contributed by atoms with van der Waals surface area (Å²) in [4.78, 5) is 15.6. The first-order valence-electron chi connectivity index (χ1n) is 7.61. The second kappa shape index (κ2) is 5.04. The number of hydrogen-bond acceptors (Lipinski definition) is 2. The summed E-state index contributed by atoms with van der Waals surface area (Å²) in [6, 6.07) is 4.61. The normalized spacial score (nSPS) is 18.3. The lowest BCUT2D eigenvalue weighted by atomic mass is 9.71. The van der Waals surface area contributed by atoms with E-state index in [2.05, 4.69) is 25.8 Å². The van der Waals surface area contributed by atoms with E-state index in [0.717, 1.165) is 25.0 Å². The Kier molecular flexibility index (Phi) is 3.42. The van der Waals surface area contributed by atoms with E-state index in [4.69, 9.17) is 5.11 Å². The lowest BCUT2D eigenvalue weighted by Gasteiger charge is -2.34. The van der Waals surface area contributed by atoms with Crippen LogP contribution in [-0.4, -0.2) is 16.1 Å². The number of aryl methyl sites for hydroxylation is 1. The number of carbonyl (C=O) groups is 1. The highest BCUT2D eigenvalue weighted by atomic mass is 19.1. The van der Waals surface area contributed by atoms with Gasteiger partial charge in [0.05, 0.1) is 11.1 Å². The van der Waals surface area contributed by atoms with E-state index in [1.54, 1.807) is 0 Å². The molecule has 1 N–H and O–H groups in total. The summed E-state index contributed by atoms with van der Waals surface area (Å²) < 4.78 is 13.8. The minimum absolute atomic E-state index is 0.238. The van der Waals surface area contributed by atoms with Gasteiger partial charge in [-0.3, -0.25) is 4.98 Å². The first-order chi connectivity index (χ1) is 10.3. The van der Waals surface area contributed by atoms with E-state index in [1.165, 1.54) is 17.7 Å². The molecule has 116 valence electrons. The van der Waals surface area contributed by atoms with Gasteiger partial charge in [-0.2, -0.15) is 0 Å². The van der Waals surface area contributed by atoms with Crippen molar-refractivity contribution in [3.05, 3.63) is 40.8 Å². The molecule has 0 saturated heterocycles. The maximum absolute atomic E-state index is 13.8. The molecule has 22 heavy (non-hydrogen) atoms. The summed E-state index contributed by atoms with van der Waals surface area (Å²) in [7, 11) is 0. The zero-order chi connectivity index (χ0) is 16.1. The molecule has 0 radical (unpaired) electrons. The number of hydrogen-bond donors (Lipinski definition) is 1. The van der Waals surface area contributed by atoms with Crippen LogP contribution in [0, 0.1) is 17.2 Å². The van der Waals surface area contributed by atoms with Gasteiger partial charge in [-0.15, -0.1) is 0 Å². The molecular formula is C18H20FNO2. The lowest BCUT2D eigenvalue weighted by Crippen LogP contribution is -2.27. The van der Waals surface area contributed by atoms with Gasteiger partial charge in [0.2, 0.25) is 0 Å². The fourth-order valence-electron chi connectivity index (χ4n) is 3.25. The molecule has 1 aliphatic rings. The van der Waals surface area contributed by atoms with Crippen molar-refractivity contribution in [3.63, 3.8) is 0 Å². The number of carboxylic acids is 1. The van der Waals surface area contributed by atoms with E-state index in [0.29, 0.717) is 16.8 Å². The van der Waals surface area contributed by atoms with Crippen molar-refractivity contribution in [1.82, 2.24) is 4.98 Å². The van der Waals surface area contributed by atoms with Gasteiger partial charge in [-0.25, -0.2) is 9.18 Å². The molecule has 1 aromatic heterocycles. The first kappa shape index (κ1) is 14.9. The highest BCUT2D eigenvalue weighted by molar-refractivity contribution is 5.93. The van der Waals surface area contributed by atoms with Crippen molar-refractivity contribution in [1.29, 1.82) is 0 Å². The maximum Gasteiger partial charge on any atom is 0.338 e. The van der Waals surface area contributed by atoms with Gasteiger partial charge in [-0.05, 0) is 48.3 Å². The molecule has 0 amide bonds. The standard InChI is InChI=1S/C18H20FNO2/c1-18(2,3)12-4-5-15-10(7-12)6-11-8-13(17(21)22)14(19)9-16(11)20-15/h6,8-9,12H,4-5,7H2,1-3H3,(H,21,22). The summed E-state index contributed by atoms with van der Waals surface area (Å²) in [5, 5.41) is 9.75. The Balaban J connectivity index is 2.09. The lowest BCUT2D eigenvalue weighted by molar-refractivity contribution is 0.0692. The molecule has 0 bridgehead atoms. The van der Waals surface area contributed by atoms with Gasteiger partial charge in [0.15, 0.2) is 0 Å². The molecule has 0 fully saturated rings. The number of aromatic carboxylic acids is 1. The number of fused-ring (bicyclic) bond motifs is 2. The van der Waals surface area contributed by atoms with Crippen LogP contribution >= 0.6 is 0 Å². The Hall–Kier alpha value is -1.97. The van der Waals surface area contributed by atoms with Gasteiger partial charge in [-0.1, -0.05) is 20.8 Å². The number of aromatic nitrogens is 1. The SMILES string of the molecule is CC(C)(C)C1CCc2nc3cc(F)c(C(=O)O)cc3cc2C1. The number of carboxylic acid groups (broad SMARTS) is 1. The van der Waals surface area contributed by atoms with Crippen LogP contribution in [0.4, 0.5) is 4.39 Å². The Morgan fingerprint density at radius 3 is 2.68 bits per heavy atom. The molecule has 0 saturated carbocycles. The number of nitrogens with zero attached hydrogens (tertiary/aromatic N) is 1. The number of pyridine rings is 1. The van der Waals surface area contributed by atoms with Gasteiger partial charge >= 0.3 is 5.97 Å². The first-order valence-corrected chi connectivity index (χ1v) is 7.61. The van der Waals surface area contributed by atoms with Crippen LogP contribution in [-0.2, 0) is 12.8 Å². The van der Waals surface area contributed by atoms with Crippen molar-refractivity contribution in [2.24, 2.45) is 11.3 Å². The molecule has 3 rings (SSSR count). The number of benzene rings is 1. The van der Waals surface area contributed by atoms with Gasteiger partial charge in [0, 0.05) is 17.1 Å². The van der Waals surface area contributed by atoms with E-state index in [9.17, 15) is 9.18 Å². The second-order valence-corrected chi connectivity index (χ2v) is 7.23. The molecule has 2 aromatic rings. The van der Waals surface area contributed by atoms with Crippen LogP contribution in [0.1, 0.15) is 48.8 Å². The predicted molar refractivity (Wildman–Crippen MR) is 83.6 cm³/mol. The van der Waals surface area contributed by atoms with Crippen molar-refractivity contribution >= 4 is 16.9 Å². The molecule has 4 heteroatoms. The Morgan fingerprint density at radius 2 is 2.05 bits per heavy atom. The minimum Gasteiger partial charge on any atom is -0.478 e. The molecular weight excluding hydrogens is 281 g/mol. The van der Waals surface area contributed by atoms with Gasteiger partial charge in [0.25, 0.3) is 0 Å². The monoisotopic (exact) mass is 301 g/mol. The molecule has 1 atom stereocenters. The van der Waals surface area contributed by atoms with E-state index < -0.39 is 11.8 Å². The maximum atomic E-state index is 13.8. The molecule has 1 unspecified atom stereocenters. The summed E-state index contributed by atoms with van der Waals surface area (Å²) in [6.07, 6.45) is 2.93. The summed E-state index contributed by atoms with van der Waals surface area (Å²) in [6.45, 7) is 6.74. The Bertz CT molecular complexity index is 762. The van der Waals surface area contributed by atoms with Crippen LogP contribution < -0.4 is 0 Å². The van der Waals surface area contributed by atoms with Crippen LogP contribution in [0.2, 0.25) is 0 Å². The summed E-state index contributed by atoms with van der Waals surface area (Å²) in [5.74, 6) is -1.39. The minimum atomic E-state index is -1.25. The van der Waals surface area contributed by atoms with Crippen molar-refractivity contribution < 1.29 is 14.3 Å². The average molecular weight is 301 g/mol. The number of halogens is 1. The second-order valence-electron chi connectivity index (χ2n) is 7.23. The zero-order valence-corrected chi connectivity index (χ0v) is 13.1. The van der Waals surface area contributed by atoms with Crippen molar-refractivity contribution in [3.8, 4) is 0 Å². The van der Waals surface area contributed by atoms with Gasteiger partial charge < -0.3 is 5.11 Å². The molecule has 3 nitrogen and oxygen atoms in total. The number of rotatable bonds is 1.